The fourth-order valence-corrected chi connectivity index (χ4v) is 3.46. The van der Waals surface area contributed by atoms with Crippen LogP contribution in [0.15, 0.2) is 71.5 Å². The average molecular weight is 468 g/mol. The summed E-state index contributed by atoms with van der Waals surface area (Å²) in [6.45, 7) is 2.72. The molecule has 8 heteroatoms. The topological polar surface area (TPSA) is 64.7 Å². The van der Waals surface area contributed by atoms with Crippen molar-refractivity contribution < 1.29 is 9.18 Å². The fraction of sp³-hybridized carbons (Fsp3) is 0.136. The van der Waals surface area contributed by atoms with E-state index < -0.39 is 0 Å². The molecule has 0 saturated carbocycles. The number of aryl methyl sites for hydroxylation is 1. The van der Waals surface area contributed by atoms with Gasteiger partial charge in [0, 0.05) is 29.1 Å². The van der Waals surface area contributed by atoms with Gasteiger partial charge in [-0.2, -0.15) is 10.2 Å². The van der Waals surface area contributed by atoms with Gasteiger partial charge in [0.25, 0.3) is 5.91 Å². The Bertz CT molecular complexity index is 1200. The normalized spacial score (nSPS) is 10.9. The van der Waals surface area contributed by atoms with E-state index in [1.165, 1.54) is 6.07 Å². The Kier molecular flexibility index (Phi) is 5.76. The molecule has 0 aliphatic heterocycles. The van der Waals surface area contributed by atoms with Crippen LogP contribution in [0.3, 0.4) is 0 Å². The number of aromatic nitrogens is 4. The van der Waals surface area contributed by atoms with Gasteiger partial charge in [-0.1, -0.05) is 30.3 Å². The maximum Gasteiger partial charge on any atom is 0.256 e. The third-order valence-corrected chi connectivity index (χ3v) is 5.05. The van der Waals surface area contributed by atoms with Crippen molar-refractivity contribution in [3.63, 3.8) is 0 Å². The number of nitrogens with zero attached hydrogens (tertiary/aromatic N) is 4. The van der Waals surface area contributed by atoms with Gasteiger partial charge in [-0.3, -0.25) is 14.2 Å². The van der Waals surface area contributed by atoms with Crippen molar-refractivity contribution in [1.29, 1.82) is 0 Å². The van der Waals surface area contributed by atoms with E-state index in [4.69, 9.17) is 0 Å². The van der Waals surface area contributed by atoms with Crippen LogP contribution in [0.2, 0.25) is 0 Å². The van der Waals surface area contributed by atoms with Gasteiger partial charge >= 0.3 is 0 Å². The second kappa shape index (κ2) is 8.62. The molecule has 152 valence electrons. The van der Waals surface area contributed by atoms with Crippen molar-refractivity contribution in [3.8, 4) is 0 Å². The van der Waals surface area contributed by atoms with Gasteiger partial charge in [-0.15, -0.1) is 0 Å². The number of carbonyl (C=O) groups is 1. The molecule has 0 saturated heterocycles. The van der Waals surface area contributed by atoms with Crippen LogP contribution in [0.1, 0.15) is 27.2 Å². The van der Waals surface area contributed by atoms with Crippen molar-refractivity contribution in [2.24, 2.45) is 0 Å². The van der Waals surface area contributed by atoms with E-state index in [1.807, 2.05) is 31.3 Å². The molecule has 30 heavy (non-hydrogen) atoms. The summed E-state index contributed by atoms with van der Waals surface area (Å²) >= 11 is 3.38. The van der Waals surface area contributed by atoms with Crippen molar-refractivity contribution in [3.05, 3.63) is 99.7 Å². The van der Waals surface area contributed by atoms with Crippen LogP contribution in [0.4, 0.5) is 10.2 Å². The summed E-state index contributed by atoms with van der Waals surface area (Å²) in [5.74, 6) is -0.108. The van der Waals surface area contributed by atoms with Gasteiger partial charge < -0.3 is 5.32 Å². The van der Waals surface area contributed by atoms with Gasteiger partial charge in [0.15, 0.2) is 5.82 Å². The van der Waals surface area contributed by atoms with Crippen LogP contribution in [-0.4, -0.2) is 25.5 Å². The molecule has 2 aromatic heterocycles. The zero-order valence-electron chi connectivity index (χ0n) is 16.2. The predicted octanol–water partition coefficient (Wildman–Crippen LogP) is 4.64. The number of amides is 1. The minimum Gasteiger partial charge on any atom is -0.305 e. The highest BCUT2D eigenvalue weighted by Crippen LogP contribution is 2.16. The second-order valence-corrected chi connectivity index (χ2v) is 7.85. The van der Waals surface area contributed by atoms with E-state index in [2.05, 4.69) is 31.4 Å². The molecule has 6 nitrogen and oxygen atoms in total. The number of hydrogen-bond acceptors (Lipinski definition) is 3. The van der Waals surface area contributed by atoms with Crippen LogP contribution in [0, 0.1) is 12.7 Å². The summed E-state index contributed by atoms with van der Waals surface area (Å²) in [5.41, 5.74) is 2.85. The van der Waals surface area contributed by atoms with Crippen LogP contribution < -0.4 is 5.32 Å². The van der Waals surface area contributed by atoms with Crippen LogP contribution in [0.5, 0.6) is 0 Å². The van der Waals surface area contributed by atoms with Crippen molar-refractivity contribution in [1.82, 2.24) is 19.6 Å². The second-order valence-electron chi connectivity index (χ2n) is 6.93. The van der Waals surface area contributed by atoms with Gasteiger partial charge in [-0.05, 0) is 46.6 Å². The number of carbonyl (C=O) groups excluding carboxylic acids is 1. The summed E-state index contributed by atoms with van der Waals surface area (Å²) in [6, 6.07) is 15.7. The molecule has 0 fully saturated rings. The first-order chi connectivity index (χ1) is 14.5. The van der Waals surface area contributed by atoms with Crippen molar-refractivity contribution in [2.45, 2.75) is 20.0 Å². The number of nitrogens with one attached hydrogen (secondary N) is 1. The molecular formula is C22H19BrFN5O. The Balaban J connectivity index is 1.46. The largest absolute Gasteiger partial charge is 0.305 e. The van der Waals surface area contributed by atoms with Gasteiger partial charge in [0.1, 0.15) is 5.82 Å². The van der Waals surface area contributed by atoms with E-state index in [1.54, 1.807) is 45.9 Å². The number of halogens is 2. The molecule has 4 rings (SSSR count). The Morgan fingerprint density at radius 3 is 2.73 bits per heavy atom. The molecule has 0 aliphatic carbocycles. The smallest absolute Gasteiger partial charge is 0.256 e. The third-order valence-electron chi connectivity index (χ3n) is 4.64. The molecule has 2 aromatic carbocycles. The lowest BCUT2D eigenvalue weighted by Gasteiger charge is -2.07. The summed E-state index contributed by atoms with van der Waals surface area (Å²) in [7, 11) is 0. The molecule has 0 bridgehead atoms. The molecule has 0 atom stereocenters. The lowest BCUT2D eigenvalue weighted by molar-refractivity contribution is 0.102. The Labute approximate surface area is 181 Å². The van der Waals surface area contributed by atoms with Gasteiger partial charge in [0.2, 0.25) is 0 Å². The van der Waals surface area contributed by atoms with Crippen LogP contribution in [-0.2, 0) is 13.1 Å². The van der Waals surface area contributed by atoms with E-state index in [0.717, 1.165) is 15.7 Å². The first-order valence-corrected chi connectivity index (χ1v) is 10.1. The van der Waals surface area contributed by atoms with Gasteiger partial charge in [0.05, 0.1) is 23.8 Å². The molecule has 0 radical (unpaired) electrons. The molecular weight excluding hydrogens is 449 g/mol. The van der Waals surface area contributed by atoms with Gasteiger partial charge in [-0.25, -0.2) is 4.39 Å². The zero-order chi connectivity index (χ0) is 21.1. The Morgan fingerprint density at radius 1 is 1.13 bits per heavy atom. The molecule has 0 aliphatic rings. The summed E-state index contributed by atoms with van der Waals surface area (Å²) in [4.78, 5) is 12.7. The molecule has 4 aromatic rings. The van der Waals surface area contributed by atoms with E-state index in [0.29, 0.717) is 30.0 Å². The highest BCUT2D eigenvalue weighted by atomic mass is 79.9. The molecule has 0 unspecified atom stereocenters. The third kappa shape index (κ3) is 4.65. The monoisotopic (exact) mass is 467 g/mol. The molecule has 2 heterocycles. The number of hydrogen-bond donors (Lipinski definition) is 1. The number of benzene rings is 2. The Hall–Kier alpha value is -3.26. The highest BCUT2D eigenvalue weighted by Gasteiger charge is 2.12. The first kappa shape index (κ1) is 20.0. The summed E-state index contributed by atoms with van der Waals surface area (Å²) in [6.07, 6.45) is 3.59. The zero-order valence-corrected chi connectivity index (χ0v) is 17.8. The number of rotatable bonds is 6. The minimum atomic E-state index is -0.279. The van der Waals surface area contributed by atoms with Crippen LogP contribution >= 0.6 is 15.9 Å². The minimum absolute atomic E-state index is 0.256. The standard InChI is InChI=1S/C22H19BrFN5O/c1-15-9-21(27-29(15)13-18-6-2-3-8-20(18)24)26-22(30)17-7-4-5-16(10-17)12-28-14-19(23)11-25-28/h2-11,14H,12-13H2,1H3,(H,26,27,30). The highest BCUT2D eigenvalue weighted by molar-refractivity contribution is 9.10. The number of anilines is 1. The lowest BCUT2D eigenvalue weighted by atomic mass is 10.1. The van der Waals surface area contributed by atoms with Crippen LogP contribution in [0.25, 0.3) is 0 Å². The lowest BCUT2D eigenvalue weighted by Crippen LogP contribution is -2.13. The Morgan fingerprint density at radius 2 is 1.97 bits per heavy atom. The molecule has 1 N–H and O–H groups in total. The predicted molar refractivity (Wildman–Crippen MR) is 116 cm³/mol. The molecule has 0 spiro atoms. The van der Waals surface area contributed by atoms with E-state index in [9.17, 15) is 9.18 Å². The summed E-state index contributed by atoms with van der Waals surface area (Å²) in [5, 5.41) is 11.5. The average Bonchev–Trinajstić information content (AvgIpc) is 3.28. The first-order valence-electron chi connectivity index (χ1n) is 9.34. The van der Waals surface area contributed by atoms with E-state index in [-0.39, 0.29) is 11.7 Å². The van der Waals surface area contributed by atoms with Crippen molar-refractivity contribution >= 4 is 27.7 Å². The maximum atomic E-state index is 13.9. The molecule has 1 amide bonds. The quantitative estimate of drug-likeness (QED) is 0.449. The summed E-state index contributed by atoms with van der Waals surface area (Å²) < 4.78 is 18.3. The maximum absolute atomic E-state index is 13.9. The SMILES string of the molecule is Cc1cc(NC(=O)c2cccc(Cn3cc(Br)cn3)c2)nn1Cc1ccccc1F. The fourth-order valence-electron chi connectivity index (χ4n) is 3.13. The van der Waals surface area contributed by atoms with E-state index >= 15 is 0 Å². The van der Waals surface area contributed by atoms with Crippen molar-refractivity contribution in [2.75, 3.05) is 5.32 Å².